The Kier molecular flexibility index (Phi) is 6.88. The fourth-order valence-electron chi connectivity index (χ4n) is 2.73. The average molecular weight is 341 g/mol. The predicted octanol–water partition coefficient (Wildman–Crippen LogP) is 3.84. The highest BCUT2D eigenvalue weighted by molar-refractivity contribution is 7.80. The molecule has 0 unspecified atom stereocenters. The van der Waals surface area contributed by atoms with Gasteiger partial charge in [0.15, 0.2) is 5.11 Å². The third-order valence-electron chi connectivity index (χ3n) is 3.91. The molecule has 0 bridgehead atoms. The van der Waals surface area contributed by atoms with E-state index in [0.717, 1.165) is 24.0 Å². The maximum Gasteiger partial charge on any atom is 0.259 e. The van der Waals surface area contributed by atoms with Gasteiger partial charge in [-0.05, 0) is 47.8 Å². The van der Waals surface area contributed by atoms with Crippen molar-refractivity contribution in [1.82, 2.24) is 10.3 Å². The molecule has 5 heteroatoms. The number of amides is 1. The number of hydrogen-bond acceptors (Lipinski definition) is 3. The summed E-state index contributed by atoms with van der Waals surface area (Å²) in [5.74, 6) is -0.327. The Labute approximate surface area is 148 Å². The van der Waals surface area contributed by atoms with Gasteiger partial charge in [0.25, 0.3) is 5.91 Å². The molecule has 0 aliphatic heterocycles. The number of thiocarbonyl (C=S) groups is 1. The molecule has 0 saturated carbocycles. The Balaban J connectivity index is 2.31. The lowest BCUT2D eigenvalue weighted by molar-refractivity contribution is 0.0977. The van der Waals surface area contributed by atoms with Gasteiger partial charge in [0.1, 0.15) is 0 Å². The Morgan fingerprint density at radius 3 is 2.71 bits per heavy atom. The summed E-state index contributed by atoms with van der Waals surface area (Å²) in [7, 11) is 0. The molecular formula is C19H23N3OS. The van der Waals surface area contributed by atoms with E-state index in [4.69, 9.17) is 18.0 Å². The molecule has 4 nitrogen and oxygen atoms in total. The summed E-state index contributed by atoms with van der Waals surface area (Å²) in [5, 5.41) is 2.44. The summed E-state index contributed by atoms with van der Waals surface area (Å²) in [6.45, 7) is 2.21. The molecule has 0 aliphatic carbocycles. The maximum absolute atomic E-state index is 12.3. The minimum atomic E-state index is -0.327. The molecule has 24 heavy (non-hydrogen) atoms. The van der Waals surface area contributed by atoms with Crippen molar-refractivity contribution in [2.45, 2.75) is 39.0 Å². The first kappa shape index (κ1) is 18.1. The van der Waals surface area contributed by atoms with Crippen molar-refractivity contribution < 1.29 is 4.79 Å². The third kappa shape index (κ3) is 4.86. The van der Waals surface area contributed by atoms with Gasteiger partial charge in [-0.1, -0.05) is 50.5 Å². The second kappa shape index (κ2) is 9.13. The molecule has 3 N–H and O–H groups in total. The maximum atomic E-state index is 12.3. The Morgan fingerprint density at radius 1 is 1.17 bits per heavy atom. The molecule has 126 valence electrons. The first-order valence-corrected chi connectivity index (χ1v) is 8.67. The van der Waals surface area contributed by atoms with Crippen molar-refractivity contribution in [3.8, 4) is 11.1 Å². The van der Waals surface area contributed by atoms with Crippen LogP contribution in [0.1, 0.15) is 48.5 Å². The van der Waals surface area contributed by atoms with Crippen LogP contribution in [0.5, 0.6) is 0 Å². The van der Waals surface area contributed by atoms with Crippen molar-refractivity contribution >= 4 is 23.2 Å². The molecule has 1 aromatic heterocycles. The first-order chi connectivity index (χ1) is 11.6. The van der Waals surface area contributed by atoms with Gasteiger partial charge in [0.05, 0.1) is 5.56 Å². The van der Waals surface area contributed by atoms with Crippen molar-refractivity contribution in [1.29, 1.82) is 0 Å². The third-order valence-corrected chi connectivity index (χ3v) is 4.01. The van der Waals surface area contributed by atoms with E-state index in [2.05, 4.69) is 23.3 Å². The van der Waals surface area contributed by atoms with Crippen LogP contribution in [-0.4, -0.2) is 16.0 Å². The van der Waals surface area contributed by atoms with Crippen LogP contribution in [0.4, 0.5) is 0 Å². The highest BCUT2D eigenvalue weighted by atomic mass is 32.1. The average Bonchev–Trinajstić information content (AvgIpc) is 2.58. The number of carbonyl (C=O) groups is 1. The van der Waals surface area contributed by atoms with Gasteiger partial charge in [-0.25, -0.2) is 0 Å². The number of pyridine rings is 1. The molecule has 0 aliphatic rings. The SMILES string of the molecule is CCCCCCc1ccccc1-c1ccncc1C(=O)NC(N)=S. The zero-order valence-electron chi connectivity index (χ0n) is 13.9. The largest absolute Gasteiger partial charge is 0.376 e. The molecule has 2 rings (SSSR count). The van der Waals surface area contributed by atoms with Crippen LogP contribution in [0.15, 0.2) is 42.7 Å². The number of nitrogens with one attached hydrogen (secondary N) is 1. The molecular weight excluding hydrogens is 318 g/mol. The van der Waals surface area contributed by atoms with Crippen molar-refractivity contribution in [3.05, 3.63) is 53.9 Å². The fraction of sp³-hybridized carbons (Fsp3) is 0.316. The highest BCUT2D eigenvalue weighted by Crippen LogP contribution is 2.28. The van der Waals surface area contributed by atoms with Crippen LogP contribution in [0.2, 0.25) is 0 Å². The number of rotatable bonds is 7. The topological polar surface area (TPSA) is 68.0 Å². The van der Waals surface area contributed by atoms with Gasteiger partial charge in [-0.2, -0.15) is 0 Å². The number of nitrogens with zero attached hydrogens (tertiary/aromatic N) is 1. The molecule has 2 aromatic rings. The van der Waals surface area contributed by atoms with Crippen LogP contribution in [0.3, 0.4) is 0 Å². The summed E-state index contributed by atoms with van der Waals surface area (Å²) in [5.41, 5.74) is 9.05. The molecule has 0 saturated heterocycles. The number of hydrogen-bond donors (Lipinski definition) is 2. The van der Waals surface area contributed by atoms with E-state index in [1.54, 1.807) is 12.4 Å². The summed E-state index contributed by atoms with van der Waals surface area (Å²) in [6.07, 6.45) is 9.07. The van der Waals surface area contributed by atoms with Crippen LogP contribution >= 0.6 is 12.2 Å². The van der Waals surface area contributed by atoms with Crippen LogP contribution in [0.25, 0.3) is 11.1 Å². The lowest BCUT2D eigenvalue weighted by atomic mass is 9.93. The van der Waals surface area contributed by atoms with Crippen molar-refractivity contribution in [3.63, 3.8) is 0 Å². The number of aromatic nitrogens is 1. The highest BCUT2D eigenvalue weighted by Gasteiger charge is 2.15. The minimum Gasteiger partial charge on any atom is -0.376 e. The van der Waals surface area contributed by atoms with E-state index >= 15 is 0 Å². The standard InChI is InChI=1S/C19H23N3OS/c1-2-3-4-5-8-14-9-6-7-10-15(14)16-11-12-21-13-17(16)18(23)22-19(20)24/h6-7,9-13H,2-5,8H2,1H3,(H3,20,22,23,24). The van der Waals surface area contributed by atoms with E-state index in [9.17, 15) is 4.79 Å². The molecule has 0 fully saturated rings. The van der Waals surface area contributed by atoms with E-state index in [1.165, 1.54) is 24.8 Å². The Morgan fingerprint density at radius 2 is 1.96 bits per heavy atom. The lowest BCUT2D eigenvalue weighted by Crippen LogP contribution is -2.35. The van der Waals surface area contributed by atoms with Gasteiger partial charge in [0.2, 0.25) is 0 Å². The van der Waals surface area contributed by atoms with E-state index in [-0.39, 0.29) is 11.0 Å². The zero-order valence-corrected chi connectivity index (χ0v) is 14.7. The Bertz CT molecular complexity index is 715. The molecule has 1 aromatic carbocycles. The second-order valence-corrected chi connectivity index (χ2v) is 6.15. The van der Waals surface area contributed by atoms with E-state index in [1.807, 2.05) is 24.3 Å². The van der Waals surface area contributed by atoms with Crippen molar-refractivity contribution in [2.24, 2.45) is 5.73 Å². The number of unbranched alkanes of at least 4 members (excludes halogenated alkanes) is 3. The van der Waals surface area contributed by atoms with Crippen LogP contribution in [-0.2, 0) is 6.42 Å². The predicted molar refractivity (Wildman–Crippen MR) is 102 cm³/mol. The lowest BCUT2D eigenvalue weighted by Gasteiger charge is -2.13. The second-order valence-electron chi connectivity index (χ2n) is 5.71. The Hall–Kier alpha value is -2.27. The molecule has 0 spiro atoms. The van der Waals surface area contributed by atoms with Gasteiger partial charge >= 0.3 is 0 Å². The smallest absolute Gasteiger partial charge is 0.259 e. The molecule has 1 heterocycles. The van der Waals surface area contributed by atoms with Gasteiger partial charge < -0.3 is 5.73 Å². The summed E-state index contributed by atoms with van der Waals surface area (Å²) in [6, 6.07) is 10.0. The summed E-state index contributed by atoms with van der Waals surface area (Å²) >= 11 is 4.77. The monoisotopic (exact) mass is 341 g/mol. The van der Waals surface area contributed by atoms with E-state index in [0.29, 0.717) is 5.56 Å². The van der Waals surface area contributed by atoms with Gasteiger partial charge in [0, 0.05) is 12.4 Å². The normalized spacial score (nSPS) is 10.4. The molecule has 1 amide bonds. The minimum absolute atomic E-state index is 0.0392. The molecule has 0 atom stereocenters. The first-order valence-electron chi connectivity index (χ1n) is 8.26. The fourth-order valence-corrected chi connectivity index (χ4v) is 2.83. The summed E-state index contributed by atoms with van der Waals surface area (Å²) in [4.78, 5) is 16.4. The van der Waals surface area contributed by atoms with Crippen molar-refractivity contribution in [2.75, 3.05) is 0 Å². The van der Waals surface area contributed by atoms with Crippen LogP contribution in [0, 0.1) is 0 Å². The summed E-state index contributed by atoms with van der Waals surface area (Å²) < 4.78 is 0. The zero-order chi connectivity index (χ0) is 17.4. The number of aryl methyl sites for hydroxylation is 1. The van der Waals surface area contributed by atoms with Gasteiger partial charge in [-0.3, -0.25) is 15.1 Å². The van der Waals surface area contributed by atoms with Crippen LogP contribution < -0.4 is 11.1 Å². The number of carbonyl (C=O) groups excluding carboxylic acids is 1. The quantitative estimate of drug-likeness (QED) is 0.593. The molecule has 0 radical (unpaired) electrons. The van der Waals surface area contributed by atoms with Gasteiger partial charge in [-0.15, -0.1) is 0 Å². The number of benzene rings is 1. The number of nitrogens with two attached hydrogens (primary N) is 1. The van der Waals surface area contributed by atoms with E-state index < -0.39 is 0 Å².